The van der Waals surface area contributed by atoms with E-state index in [2.05, 4.69) is 20.5 Å². The van der Waals surface area contributed by atoms with Crippen LogP contribution in [0.15, 0.2) is 42.7 Å². The van der Waals surface area contributed by atoms with E-state index in [9.17, 15) is 4.79 Å². The first-order chi connectivity index (χ1) is 9.25. The molecule has 2 aromatic heterocycles. The molecule has 3 rings (SSSR count). The summed E-state index contributed by atoms with van der Waals surface area (Å²) in [4.78, 5) is 16.4. The van der Waals surface area contributed by atoms with Crippen LogP contribution in [0, 0.1) is 6.92 Å². The minimum absolute atomic E-state index is 0.239. The average molecular weight is 252 g/mol. The lowest BCUT2D eigenvalue weighted by atomic mass is 10.2. The molecule has 0 atom stereocenters. The molecule has 1 aromatic carbocycles. The molecule has 1 amide bonds. The maximum absolute atomic E-state index is 12.1. The summed E-state index contributed by atoms with van der Waals surface area (Å²) >= 11 is 0. The van der Waals surface area contributed by atoms with Gasteiger partial charge in [-0.05, 0) is 24.6 Å². The first-order valence-corrected chi connectivity index (χ1v) is 5.91. The summed E-state index contributed by atoms with van der Waals surface area (Å²) in [5, 5.41) is 10.4. The number of aromatic amines is 1. The zero-order chi connectivity index (χ0) is 13.2. The number of aromatic nitrogens is 3. The monoisotopic (exact) mass is 252 g/mol. The van der Waals surface area contributed by atoms with Crippen molar-refractivity contribution in [3.8, 4) is 0 Å². The van der Waals surface area contributed by atoms with E-state index < -0.39 is 0 Å². The molecule has 0 saturated heterocycles. The lowest BCUT2D eigenvalue weighted by Gasteiger charge is -2.06. The van der Waals surface area contributed by atoms with E-state index in [1.165, 1.54) is 0 Å². The second-order valence-corrected chi connectivity index (χ2v) is 4.25. The molecule has 2 N–H and O–H groups in total. The fraction of sp³-hybridized carbons (Fsp3) is 0.0714. The summed E-state index contributed by atoms with van der Waals surface area (Å²) in [6.07, 6.45) is 3.40. The van der Waals surface area contributed by atoms with Gasteiger partial charge in [-0.15, -0.1) is 0 Å². The molecule has 0 bridgehead atoms. The van der Waals surface area contributed by atoms with Crippen molar-refractivity contribution >= 4 is 22.5 Å². The Kier molecular flexibility index (Phi) is 2.72. The van der Waals surface area contributed by atoms with Crippen LogP contribution in [0.4, 0.5) is 5.69 Å². The van der Waals surface area contributed by atoms with Crippen molar-refractivity contribution in [2.24, 2.45) is 0 Å². The lowest BCUT2D eigenvalue weighted by molar-refractivity contribution is 0.102. The molecular formula is C14H12N4O. The van der Waals surface area contributed by atoms with Crippen LogP contribution in [0.1, 0.15) is 16.1 Å². The highest BCUT2D eigenvalue weighted by molar-refractivity contribution is 6.07. The van der Waals surface area contributed by atoms with Crippen LogP contribution >= 0.6 is 0 Å². The standard InChI is InChI=1S/C14H12N4O/c1-9-8-16-18-12(9)14(19)17-11-6-2-4-10-5-3-7-15-13(10)11/h2-8H,1H3,(H,16,18)(H,17,19). The fourth-order valence-electron chi connectivity index (χ4n) is 1.97. The highest BCUT2D eigenvalue weighted by Gasteiger charge is 2.13. The minimum atomic E-state index is -0.239. The van der Waals surface area contributed by atoms with Gasteiger partial charge in [-0.3, -0.25) is 14.9 Å². The molecule has 94 valence electrons. The number of hydrogen-bond acceptors (Lipinski definition) is 3. The molecule has 0 radical (unpaired) electrons. The number of carbonyl (C=O) groups is 1. The average Bonchev–Trinajstić information content (AvgIpc) is 2.85. The smallest absolute Gasteiger partial charge is 0.276 e. The van der Waals surface area contributed by atoms with E-state index in [4.69, 9.17) is 0 Å². The molecule has 0 aliphatic heterocycles. The van der Waals surface area contributed by atoms with Crippen molar-refractivity contribution in [1.82, 2.24) is 15.2 Å². The number of anilines is 1. The molecule has 0 saturated carbocycles. The Bertz CT molecular complexity index is 743. The van der Waals surface area contributed by atoms with Crippen LogP contribution in [0.3, 0.4) is 0 Å². The number of fused-ring (bicyclic) bond motifs is 1. The molecule has 0 fully saturated rings. The van der Waals surface area contributed by atoms with Crippen LogP contribution < -0.4 is 5.32 Å². The predicted octanol–water partition coefficient (Wildman–Crippen LogP) is 2.52. The predicted molar refractivity (Wildman–Crippen MR) is 73.0 cm³/mol. The van der Waals surface area contributed by atoms with Crippen LogP contribution in [0.2, 0.25) is 0 Å². The van der Waals surface area contributed by atoms with Crippen molar-refractivity contribution in [1.29, 1.82) is 0 Å². The Morgan fingerprint density at radius 3 is 2.89 bits per heavy atom. The van der Waals surface area contributed by atoms with Crippen LogP contribution in [-0.2, 0) is 0 Å². The normalized spacial score (nSPS) is 10.6. The van der Waals surface area contributed by atoms with Gasteiger partial charge in [-0.25, -0.2) is 0 Å². The van der Waals surface area contributed by atoms with Gasteiger partial charge in [0.1, 0.15) is 0 Å². The fourth-order valence-corrected chi connectivity index (χ4v) is 1.97. The Hall–Kier alpha value is -2.69. The Balaban J connectivity index is 1.98. The minimum Gasteiger partial charge on any atom is -0.319 e. The summed E-state index contributed by atoms with van der Waals surface area (Å²) < 4.78 is 0. The van der Waals surface area contributed by atoms with E-state index in [0.29, 0.717) is 11.4 Å². The van der Waals surface area contributed by atoms with Crippen molar-refractivity contribution in [3.63, 3.8) is 0 Å². The third-order valence-corrected chi connectivity index (χ3v) is 2.93. The third-order valence-electron chi connectivity index (χ3n) is 2.93. The third kappa shape index (κ3) is 2.06. The first kappa shape index (κ1) is 11.4. The van der Waals surface area contributed by atoms with Gasteiger partial charge in [0.15, 0.2) is 5.69 Å². The number of aryl methyl sites for hydroxylation is 1. The first-order valence-electron chi connectivity index (χ1n) is 5.91. The van der Waals surface area contributed by atoms with Crippen LogP contribution in [0.5, 0.6) is 0 Å². The molecule has 0 aliphatic carbocycles. The zero-order valence-electron chi connectivity index (χ0n) is 10.3. The second kappa shape index (κ2) is 4.53. The van der Waals surface area contributed by atoms with Crippen LogP contribution in [-0.4, -0.2) is 21.1 Å². The summed E-state index contributed by atoms with van der Waals surface area (Å²) in [7, 11) is 0. The van der Waals surface area contributed by atoms with Gasteiger partial charge in [0.05, 0.1) is 11.2 Å². The molecule has 5 heteroatoms. The maximum atomic E-state index is 12.1. The molecule has 0 spiro atoms. The molecule has 5 nitrogen and oxygen atoms in total. The molecule has 0 unspecified atom stereocenters. The van der Waals surface area contributed by atoms with Gasteiger partial charge in [-0.1, -0.05) is 18.2 Å². The number of carbonyl (C=O) groups excluding carboxylic acids is 1. The van der Waals surface area contributed by atoms with Crippen molar-refractivity contribution < 1.29 is 4.79 Å². The number of rotatable bonds is 2. The number of amides is 1. The number of nitrogens with one attached hydrogen (secondary N) is 2. The maximum Gasteiger partial charge on any atom is 0.276 e. The van der Waals surface area contributed by atoms with Crippen molar-refractivity contribution in [3.05, 3.63) is 54.0 Å². The second-order valence-electron chi connectivity index (χ2n) is 4.25. The zero-order valence-corrected chi connectivity index (χ0v) is 10.3. The van der Waals surface area contributed by atoms with Gasteiger partial charge < -0.3 is 5.32 Å². The summed E-state index contributed by atoms with van der Waals surface area (Å²) in [6, 6.07) is 9.49. The van der Waals surface area contributed by atoms with Gasteiger partial charge in [0, 0.05) is 17.8 Å². The summed E-state index contributed by atoms with van der Waals surface area (Å²) in [5.74, 6) is -0.239. The number of para-hydroxylation sites is 1. The number of nitrogens with zero attached hydrogens (tertiary/aromatic N) is 2. The van der Waals surface area contributed by atoms with E-state index >= 15 is 0 Å². The lowest BCUT2D eigenvalue weighted by Crippen LogP contribution is -2.14. The Morgan fingerprint density at radius 1 is 1.26 bits per heavy atom. The van der Waals surface area contributed by atoms with Crippen molar-refractivity contribution in [2.75, 3.05) is 5.32 Å². The Morgan fingerprint density at radius 2 is 2.11 bits per heavy atom. The molecule has 19 heavy (non-hydrogen) atoms. The number of H-pyrrole nitrogens is 1. The summed E-state index contributed by atoms with van der Waals surface area (Å²) in [5.41, 5.74) is 2.66. The number of benzene rings is 1. The van der Waals surface area contributed by atoms with E-state index in [-0.39, 0.29) is 5.91 Å². The molecule has 3 aromatic rings. The molecular weight excluding hydrogens is 240 g/mol. The van der Waals surface area contributed by atoms with Gasteiger partial charge in [-0.2, -0.15) is 5.10 Å². The van der Waals surface area contributed by atoms with E-state index in [0.717, 1.165) is 16.5 Å². The van der Waals surface area contributed by atoms with Gasteiger partial charge >= 0.3 is 0 Å². The van der Waals surface area contributed by atoms with Gasteiger partial charge in [0.25, 0.3) is 5.91 Å². The highest BCUT2D eigenvalue weighted by Crippen LogP contribution is 2.21. The largest absolute Gasteiger partial charge is 0.319 e. The van der Waals surface area contributed by atoms with E-state index in [1.807, 2.05) is 37.3 Å². The number of pyridine rings is 1. The highest BCUT2D eigenvalue weighted by atomic mass is 16.1. The molecule has 0 aliphatic rings. The topological polar surface area (TPSA) is 70.7 Å². The SMILES string of the molecule is Cc1c[nH]nc1C(=O)Nc1cccc2cccnc12. The van der Waals surface area contributed by atoms with E-state index in [1.54, 1.807) is 12.4 Å². The van der Waals surface area contributed by atoms with Crippen LogP contribution in [0.25, 0.3) is 10.9 Å². The Labute approximate surface area is 109 Å². The van der Waals surface area contributed by atoms with Gasteiger partial charge in [0.2, 0.25) is 0 Å². The molecule has 2 heterocycles. The van der Waals surface area contributed by atoms with Crippen molar-refractivity contribution in [2.45, 2.75) is 6.92 Å². The number of hydrogen-bond donors (Lipinski definition) is 2. The quantitative estimate of drug-likeness (QED) is 0.736. The summed E-state index contributed by atoms with van der Waals surface area (Å²) in [6.45, 7) is 1.83.